The Morgan fingerprint density at radius 2 is 2.00 bits per heavy atom. The highest BCUT2D eigenvalue weighted by atomic mass is 127. The summed E-state index contributed by atoms with van der Waals surface area (Å²) >= 11 is 0. The van der Waals surface area contributed by atoms with E-state index in [4.69, 9.17) is 20.4 Å². The van der Waals surface area contributed by atoms with Crippen LogP contribution in [-0.2, 0) is 4.74 Å². The van der Waals surface area contributed by atoms with E-state index >= 15 is 0 Å². The molecule has 1 aliphatic rings. The second kappa shape index (κ2) is 9.55. The molecule has 0 aliphatic carbocycles. The summed E-state index contributed by atoms with van der Waals surface area (Å²) in [7, 11) is 0. The SMILES string of the molecule is Cc1noc(C)c1-c1cc(C(N)=NC=N)c2[nH]c3cc(C(=O)N4CCOCC4)ccc3c2c1.I.[HH].[HH]. The highest BCUT2D eigenvalue weighted by Gasteiger charge is 2.21. The average Bonchev–Trinajstić information content (AvgIpc) is 3.37. The van der Waals surface area contributed by atoms with Gasteiger partial charge in [0.05, 0.1) is 24.4 Å². The van der Waals surface area contributed by atoms with Crippen LogP contribution in [0.15, 0.2) is 39.8 Å². The number of amides is 1. The van der Waals surface area contributed by atoms with Crippen molar-refractivity contribution in [3.63, 3.8) is 0 Å². The lowest BCUT2D eigenvalue weighted by molar-refractivity contribution is 0.0303. The molecule has 3 heterocycles. The molecule has 10 heteroatoms. The van der Waals surface area contributed by atoms with Gasteiger partial charge in [-0.1, -0.05) is 11.2 Å². The van der Waals surface area contributed by atoms with Crippen molar-refractivity contribution < 1.29 is 16.9 Å². The molecule has 2 aromatic heterocycles. The summed E-state index contributed by atoms with van der Waals surface area (Å²) < 4.78 is 10.7. The molecule has 0 unspecified atom stereocenters. The molecule has 0 bridgehead atoms. The van der Waals surface area contributed by atoms with Crippen LogP contribution in [0.5, 0.6) is 0 Å². The number of aromatic amines is 1. The number of nitrogens with zero attached hydrogens (tertiary/aromatic N) is 3. The van der Waals surface area contributed by atoms with E-state index in [1.807, 2.05) is 43.0 Å². The molecule has 0 radical (unpaired) electrons. The number of nitrogens with one attached hydrogen (secondary N) is 2. The molecule has 4 N–H and O–H groups in total. The predicted molar refractivity (Wildman–Crippen MR) is 147 cm³/mol. The van der Waals surface area contributed by atoms with Crippen molar-refractivity contribution in [3.05, 3.63) is 52.9 Å². The number of H-pyrrole nitrogens is 1. The summed E-state index contributed by atoms with van der Waals surface area (Å²) in [5.41, 5.74) is 11.7. The maximum absolute atomic E-state index is 13.0. The van der Waals surface area contributed by atoms with Crippen LogP contribution in [0.25, 0.3) is 32.9 Å². The molecule has 5 rings (SSSR count). The fraction of sp³-hybridized carbons (Fsp3) is 0.250. The number of nitrogens with two attached hydrogens (primary N) is 1. The van der Waals surface area contributed by atoms with E-state index < -0.39 is 0 Å². The molecule has 0 saturated carbocycles. The highest BCUT2D eigenvalue weighted by molar-refractivity contribution is 14.0. The number of morpholine rings is 1. The molecule has 1 aliphatic heterocycles. The summed E-state index contributed by atoms with van der Waals surface area (Å²) in [4.78, 5) is 22.2. The fourth-order valence-electron chi connectivity index (χ4n) is 4.47. The Morgan fingerprint density at radius 1 is 1.24 bits per heavy atom. The molecular formula is C24H29IN6O3. The number of ether oxygens (including phenoxy) is 1. The van der Waals surface area contributed by atoms with Gasteiger partial charge in [0.25, 0.3) is 5.91 Å². The van der Waals surface area contributed by atoms with E-state index in [2.05, 4.69) is 21.2 Å². The first-order valence-corrected chi connectivity index (χ1v) is 10.7. The Kier molecular flexibility index (Phi) is 6.71. The Hall–Kier alpha value is -3.25. The van der Waals surface area contributed by atoms with E-state index in [0.29, 0.717) is 43.2 Å². The van der Waals surface area contributed by atoms with Crippen LogP contribution in [0.1, 0.15) is 30.2 Å². The molecule has 0 atom stereocenters. The second-order valence-corrected chi connectivity index (χ2v) is 8.08. The number of rotatable bonds is 4. The van der Waals surface area contributed by atoms with Crippen LogP contribution in [0, 0.1) is 19.3 Å². The lowest BCUT2D eigenvalue weighted by Crippen LogP contribution is -2.40. The minimum Gasteiger partial charge on any atom is -0.383 e. The Bertz CT molecular complexity index is 1420. The highest BCUT2D eigenvalue weighted by Crippen LogP contribution is 2.35. The number of aliphatic imine (C=N–C) groups is 1. The topological polar surface area (TPSA) is 134 Å². The minimum atomic E-state index is -0.0135. The van der Waals surface area contributed by atoms with Crippen molar-refractivity contribution in [2.24, 2.45) is 10.7 Å². The maximum Gasteiger partial charge on any atom is 0.254 e. The van der Waals surface area contributed by atoms with Crippen LogP contribution in [0.2, 0.25) is 0 Å². The fourth-order valence-corrected chi connectivity index (χ4v) is 4.47. The van der Waals surface area contributed by atoms with Gasteiger partial charge in [-0.05, 0) is 43.7 Å². The van der Waals surface area contributed by atoms with Gasteiger partial charge in [-0.25, -0.2) is 4.99 Å². The van der Waals surface area contributed by atoms with Crippen molar-refractivity contribution in [1.82, 2.24) is 15.0 Å². The number of carbonyl (C=O) groups is 1. The Labute approximate surface area is 215 Å². The van der Waals surface area contributed by atoms with Crippen LogP contribution in [0.3, 0.4) is 0 Å². The molecule has 4 aromatic rings. The molecule has 1 amide bonds. The predicted octanol–water partition coefficient (Wildman–Crippen LogP) is 4.49. The zero-order valence-corrected chi connectivity index (χ0v) is 21.2. The van der Waals surface area contributed by atoms with Crippen LogP contribution < -0.4 is 5.73 Å². The number of hydrogen-bond donors (Lipinski definition) is 3. The van der Waals surface area contributed by atoms with Crippen LogP contribution in [0.4, 0.5) is 0 Å². The monoisotopic (exact) mass is 576 g/mol. The Balaban J connectivity index is 0.00000152. The van der Waals surface area contributed by atoms with E-state index in [-0.39, 0.29) is 38.6 Å². The molecule has 34 heavy (non-hydrogen) atoms. The van der Waals surface area contributed by atoms with Gasteiger partial charge in [0.1, 0.15) is 17.9 Å². The molecule has 9 nitrogen and oxygen atoms in total. The zero-order valence-electron chi connectivity index (χ0n) is 18.8. The van der Waals surface area contributed by atoms with Gasteiger partial charge in [-0.15, -0.1) is 24.0 Å². The summed E-state index contributed by atoms with van der Waals surface area (Å²) in [6.45, 7) is 6.05. The number of aromatic nitrogens is 2. The second-order valence-electron chi connectivity index (χ2n) is 8.08. The number of carbonyl (C=O) groups excluding carboxylic acids is 1. The lowest BCUT2D eigenvalue weighted by Gasteiger charge is -2.26. The van der Waals surface area contributed by atoms with Gasteiger partial charge in [0.2, 0.25) is 0 Å². The first kappa shape index (κ1) is 23.9. The number of fused-ring (bicyclic) bond motifs is 3. The molecular weight excluding hydrogens is 547 g/mol. The van der Waals surface area contributed by atoms with Crippen LogP contribution in [-0.4, -0.2) is 59.4 Å². The van der Waals surface area contributed by atoms with E-state index in [1.165, 1.54) is 0 Å². The van der Waals surface area contributed by atoms with Crippen molar-refractivity contribution >= 4 is 63.9 Å². The van der Waals surface area contributed by atoms with E-state index in [1.54, 1.807) is 0 Å². The van der Waals surface area contributed by atoms with Gasteiger partial charge >= 0.3 is 0 Å². The molecule has 0 spiro atoms. The standard InChI is InChI=1S/C24H24N6O3.HI.2H2/c1-13-21(14(2)33-29-13)16-9-18-17-4-3-15(24(31)30-5-7-32-8-6-30)11-20(17)28-22(18)19(10-16)23(26)27-12-25;;;/h3-4,9-12,28H,5-8H2,1-2H3,(H3,25,26,27);3*1H. The molecule has 1 fully saturated rings. The van der Waals surface area contributed by atoms with Gasteiger partial charge in [-0.2, -0.15) is 0 Å². The normalized spacial score (nSPS) is 14.4. The third-order valence-electron chi connectivity index (χ3n) is 6.05. The average molecular weight is 576 g/mol. The lowest BCUT2D eigenvalue weighted by atomic mass is 9.97. The van der Waals surface area contributed by atoms with Gasteiger partial charge < -0.3 is 24.9 Å². The largest absolute Gasteiger partial charge is 0.383 e. The van der Waals surface area contributed by atoms with Crippen LogP contribution >= 0.6 is 24.0 Å². The summed E-state index contributed by atoms with van der Waals surface area (Å²) in [5, 5.41) is 13.3. The van der Waals surface area contributed by atoms with Crippen molar-refractivity contribution in [2.75, 3.05) is 26.3 Å². The van der Waals surface area contributed by atoms with Gasteiger partial charge in [-0.3, -0.25) is 10.2 Å². The van der Waals surface area contributed by atoms with Crippen molar-refractivity contribution in [3.8, 4) is 11.1 Å². The molecule has 2 aromatic carbocycles. The Morgan fingerprint density at radius 3 is 2.68 bits per heavy atom. The first-order valence-electron chi connectivity index (χ1n) is 10.7. The number of halogens is 1. The number of benzene rings is 2. The molecule has 180 valence electrons. The summed E-state index contributed by atoms with van der Waals surface area (Å²) in [6, 6.07) is 9.66. The minimum absolute atomic E-state index is 0. The summed E-state index contributed by atoms with van der Waals surface area (Å²) in [6.07, 6.45) is 0.922. The third-order valence-corrected chi connectivity index (χ3v) is 6.05. The zero-order chi connectivity index (χ0) is 23.1. The smallest absolute Gasteiger partial charge is 0.254 e. The van der Waals surface area contributed by atoms with Gasteiger partial charge in [0.15, 0.2) is 0 Å². The van der Waals surface area contributed by atoms with E-state index in [0.717, 1.165) is 45.0 Å². The number of aryl methyl sites for hydroxylation is 2. The summed E-state index contributed by atoms with van der Waals surface area (Å²) in [5.74, 6) is 0.916. The molecule has 1 saturated heterocycles. The van der Waals surface area contributed by atoms with Crippen molar-refractivity contribution in [2.45, 2.75) is 13.8 Å². The van der Waals surface area contributed by atoms with E-state index in [9.17, 15) is 4.79 Å². The van der Waals surface area contributed by atoms with Crippen molar-refractivity contribution in [1.29, 1.82) is 5.41 Å². The quantitative estimate of drug-likeness (QED) is 0.187. The third kappa shape index (κ3) is 4.07. The number of amidine groups is 1. The number of hydrogen-bond acceptors (Lipinski definition) is 5. The van der Waals surface area contributed by atoms with Gasteiger partial charge in [0, 0.05) is 48.9 Å². The first-order chi connectivity index (χ1) is 16.0. The maximum atomic E-state index is 13.0.